The Bertz CT molecular complexity index is 262. The Balaban J connectivity index is 0.00000256. The van der Waals surface area contributed by atoms with Crippen LogP contribution in [0.2, 0.25) is 0 Å². The summed E-state index contributed by atoms with van der Waals surface area (Å²) in [5.41, 5.74) is 0. The number of nitrogens with zero attached hydrogens (tertiary/aromatic N) is 3. The zero-order valence-corrected chi connectivity index (χ0v) is 13.2. The third kappa shape index (κ3) is 5.10. The maximum Gasteiger partial charge on any atom is 0.219 e. The van der Waals surface area contributed by atoms with Gasteiger partial charge in [0.2, 0.25) is 5.91 Å². The lowest BCUT2D eigenvalue weighted by atomic mass is 10.3. The topological polar surface area (TPSA) is 47.9 Å². The van der Waals surface area contributed by atoms with Gasteiger partial charge in [-0.3, -0.25) is 9.79 Å². The summed E-state index contributed by atoms with van der Waals surface area (Å²) in [5, 5.41) is 3.27. The third-order valence-corrected chi connectivity index (χ3v) is 2.67. The molecule has 0 aliphatic carbocycles. The molecule has 0 atom stereocenters. The van der Waals surface area contributed by atoms with Gasteiger partial charge < -0.3 is 15.1 Å². The molecule has 1 N–H and O–H groups in total. The van der Waals surface area contributed by atoms with Gasteiger partial charge in [-0.1, -0.05) is 0 Å². The van der Waals surface area contributed by atoms with Crippen LogP contribution in [-0.4, -0.2) is 60.9 Å². The van der Waals surface area contributed by atoms with E-state index in [4.69, 9.17) is 0 Å². The SMILES string of the molecule is CCN=C(NCC)N1CCN(C(C)=O)CC1.I. The molecule has 6 heteroatoms. The lowest BCUT2D eigenvalue weighted by Gasteiger charge is -2.36. The minimum Gasteiger partial charge on any atom is -0.357 e. The van der Waals surface area contributed by atoms with Crippen molar-refractivity contribution >= 4 is 35.8 Å². The predicted octanol–water partition coefficient (Wildman–Crippen LogP) is 0.754. The highest BCUT2D eigenvalue weighted by Gasteiger charge is 2.20. The number of carbonyl (C=O) groups excluding carboxylic acids is 1. The van der Waals surface area contributed by atoms with E-state index in [1.54, 1.807) is 6.92 Å². The van der Waals surface area contributed by atoms with Crippen molar-refractivity contribution in [1.82, 2.24) is 15.1 Å². The monoisotopic (exact) mass is 354 g/mol. The zero-order valence-electron chi connectivity index (χ0n) is 10.9. The highest BCUT2D eigenvalue weighted by atomic mass is 127. The van der Waals surface area contributed by atoms with Crippen molar-refractivity contribution in [3.63, 3.8) is 0 Å². The molecule has 1 aliphatic rings. The van der Waals surface area contributed by atoms with Gasteiger partial charge in [0.05, 0.1) is 0 Å². The van der Waals surface area contributed by atoms with E-state index in [1.807, 2.05) is 11.8 Å². The molecule has 0 bridgehead atoms. The molecule has 1 amide bonds. The fourth-order valence-corrected chi connectivity index (χ4v) is 1.81. The summed E-state index contributed by atoms with van der Waals surface area (Å²) in [6.07, 6.45) is 0. The number of nitrogens with one attached hydrogen (secondary N) is 1. The number of amides is 1. The van der Waals surface area contributed by atoms with Gasteiger partial charge in [0.15, 0.2) is 5.96 Å². The first-order valence-electron chi connectivity index (χ1n) is 5.97. The largest absolute Gasteiger partial charge is 0.357 e. The van der Waals surface area contributed by atoms with Crippen LogP contribution in [0.1, 0.15) is 20.8 Å². The van der Waals surface area contributed by atoms with E-state index in [1.165, 1.54) is 0 Å². The summed E-state index contributed by atoms with van der Waals surface area (Å²) in [6, 6.07) is 0. The second-order valence-electron chi connectivity index (χ2n) is 3.82. The molecular formula is C11H23IN4O. The maximum atomic E-state index is 11.2. The fraction of sp³-hybridized carbons (Fsp3) is 0.818. The summed E-state index contributed by atoms with van der Waals surface area (Å²) >= 11 is 0. The standard InChI is InChI=1S/C11H22N4O.HI/c1-4-12-11(13-5-2)15-8-6-14(7-9-15)10(3)16;/h4-9H2,1-3H3,(H,12,13);1H. The number of hydrogen-bond donors (Lipinski definition) is 1. The van der Waals surface area contributed by atoms with Crippen LogP contribution in [0.4, 0.5) is 0 Å². The van der Waals surface area contributed by atoms with Crippen molar-refractivity contribution in [3.05, 3.63) is 0 Å². The lowest BCUT2D eigenvalue weighted by Crippen LogP contribution is -2.53. The van der Waals surface area contributed by atoms with E-state index in [2.05, 4.69) is 22.1 Å². The van der Waals surface area contributed by atoms with Crippen LogP contribution >= 0.6 is 24.0 Å². The average Bonchev–Trinajstić information content (AvgIpc) is 2.29. The van der Waals surface area contributed by atoms with E-state index < -0.39 is 0 Å². The summed E-state index contributed by atoms with van der Waals surface area (Å²) in [4.78, 5) is 19.7. The zero-order chi connectivity index (χ0) is 12.0. The van der Waals surface area contributed by atoms with Crippen LogP contribution in [0.3, 0.4) is 0 Å². The van der Waals surface area contributed by atoms with Crippen molar-refractivity contribution in [1.29, 1.82) is 0 Å². The van der Waals surface area contributed by atoms with Gasteiger partial charge in [0, 0.05) is 46.2 Å². The van der Waals surface area contributed by atoms with Crippen molar-refractivity contribution < 1.29 is 4.79 Å². The first kappa shape index (κ1) is 16.5. The second-order valence-corrected chi connectivity index (χ2v) is 3.82. The molecule has 0 radical (unpaired) electrons. The molecule has 0 aromatic rings. The van der Waals surface area contributed by atoms with Gasteiger partial charge in [0.25, 0.3) is 0 Å². The van der Waals surface area contributed by atoms with E-state index in [0.29, 0.717) is 0 Å². The van der Waals surface area contributed by atoms with Crippen LogP contribution in [-0.2, 0) is 4.79 Å². The summed E-state index contributed by atoms with van der Waals surface area (Å²) in [5.74, 6) is 1.13. The number of piperazine rings is 1. The van der Waals surface area contributed by atoms with Crippen LogP contribution in [0.15, 0.2) is 4.99 Å². The molecule has 0 unspecified atom stereocenters. The van der Waals surface area contributed by atoms with E-state index in [0.717, 1.165) is 45.2 Å². The highest BCUT2D eigenvalue weighted by molar-refractivity contribution is 14.0. The average molecular weight is 354 g/mol. The van der Waals surface area contributed by atoms with E-state index in [9.17, 15) is 4.79 Å². The van der Waals surface area contributed by atoms with Crippen LogP contribution in [0, 0.1) is 0 Å². The number of guanidine groups is 1. The smallest absolute Gasteiger partial charge is 0.219 e. The summed E-state index contributed by atoms with van der Waals surface area (Å²) in [6.45, 7) is 10.7. The van der Waals surface area contributed by atoms with E-state index in [-0.39, 0.29) is 29.9 Å². The van der Waals surface area contributed by atoms with Crippen molar-refractivity contribution in [2.75, 3.05) is 39.3 Å². The van der Waals surface area contributed by atoms with Crippen LogP contribution in [0.5, 0.6) is 0 Å². The van der Waals surface area contributed by atoms with Gasteiger partial charge in [-0.05, 0) is 13.8 Å². The number of aliphatic imine (C=N–C) groups is 1. The molecule has 100 valence electrons. The molecule has 1 aliphatic heterocycles. The summed E-state index contributed by atoms with van der Waals surface area (Å²) in [7, 11) is 0. The number of rotatable bonds is 2. The van der Waals surface area contributed by atoms with Crippen LogP contribution < -0.4 is 5.32 Å². The van der Waals surface area contributed by atoms with Crippen molar-refractivity contribution in [2.24, 2.45) is 4.99 Å². The molecule has 17 heavy (non-hydrogen) atoms. The molecule has 0 spiro atoms. The molecular weight excluding hydrogens is 331 g/mol. The van der Waals surface area contributed by atoms with Gasteiger partial charge >= 0.3 is 0 Å². The minimum absolute atomic E-state index is 0. The Kier molecular flexibility index (Phi) is 8.28. The third-order valence-electron chi connectivity index (χ3n) is 2.67. The number of carbonyl (C=O) groups is 1. The first-order chi connectivity index (χ1) is 7.69. The van der Waals surface area contributed by atoms with Gasteiger partial charge in [-0.15, -0.1) is 24.0 Å². The maximum absolute atomic E-state index is 11.2. The highest BCUT2D eigenvalue weighted by Crippen LogP contribution is 2.02. The molecule has 1 heterocycles. The van der Waals surface area contributed by atoms with Crippen molar-refractivity contribution in [3.8, 4) is 0 Å². The molecule has 5 nitrogen and oxygen atoms in total. The molecule has 1 fully saturated rings. The predicted molar refractivity (Wildman–Crippen MR) is 80.9 cm³/mol. The summed E-state index contributed by atoms with van der Waals surface area (Å²) < 4.78 is 0. The Morgan fingerprint density at radius 1 is 1.18 bits per heavy atom. The Morgan fingerprint density at radius 2 is 1.71 bits per heavy atom. The number of hydrogen-bond acceptors (Lipinski definition) is 2. The normalized spacial score (nSPS) is 16.5. The fourth-order valence-electron chi connectivity index (χ4n) is 1.81. The molecule has 0 saturated carbocycles. The minimum atomic E-state index is 0. The quantitative estimate of drug-likeness (QED) is 0.452. The Morgan fingerprint density at radius 3 is 2.12 bits per heavy atom. The lowest BCUT2D eigenvalue weighted by molar-refractivity contribution is -0.130. The number of halogens is 1. The van der Waals surface area contributed by atoms with Crippen molar-refractivity contribution in [2.45, 2.75) is 20.8 Å². The molecule has 0 aromatic carbocycles. The van der Waals surface area contributed by atoms with Gasteiger partial charge in [0.1, 0.15) is 0 Å². The Labute approximate surface area is 121 Å². The van der Waals surface area contributed by atoms with Gasteiger partial charge in [-0.25, -0.2) is 0 Å². The second kappa shape index (κ2) is 8.54. The first-order valence-corrected chi connectivity index (χ1v) is 5.97. The molecule has 1 rings (SSSR count). The van der Waals surface area contributed by atoms with E-state index >= 15 is 0 Å². The van der Waals surface area contributed by atoms with Gasteiger partial charge in [-0.2, -0.15) is 0 Å². The Hall–Kier alpha value is -0.530. The molecule has 0 aromatic heterocycles. The van der Waals surface area contributed by atoms with Crippen LogP contribution in [0.25, 0.3) is 0 Å². The molecule has 1 saturated heterocycles.